The van der Waals surface area contributed by atoms with E-state index in [0.717, 1.165) is 44.8 Å². The van der Waals surface area contributed by atoms with Gasteiger partial charge in [0.05, 0.1) is 5.02 Å². The third-order valence-corrected chi connectivity index (χ3v) is 3.75. The number of benzene rings is 1. The third kappa shape index (κ3) is 4.68. The van der Waals surface area contributed by atoms with Crippen LogP contribution in [0.25, 0.3) is 0 Å². The van der Waals surface area contributed by atoms with Crippen LogP contribution >= 0.6 is 11.6 Å². The molecule has 0 radical (unpaired) electrons. The highest BCUT2D eigenvalue weighted by Gasteiger charge is 2.16. The summed E-state index contributed by atoms with van der Waals surface area (Å²) >= 11 is 6.11. The minimum Gasteiger partial charge on any atom is -0.488 e. The van der Waals surface area contributed by atoms with Crippen LogP contribution in [0, 0.1) is 0 Å². The summed E-state index contributed by atoms with van der Waals surface area (Å²) in [6.45, 7) is 4.71. The number of hydrogen-bond donors (Lipinski definition) is 1. The third-order valence-electron chi connectivity index (χ3n) is 3.44. The molecule has 1 fully saturated rings. The summed E-state index contributed by atoms with van der Waals surface area (Å²) < 4.78 is 11.3. The molecule has 0 aromatic heterocycles. The van der Waals surface area contributed by atoms with E-state index in [1.165, 1.54) is 0 Å². The Labute approximate surface area is 120 Å². The average molecular weight is 284 g/mol. The standard InChI is InChI=1S/C15H22ClNO2/c1-2-13(11-17-12-7-9-18-10-8-12)19-15-6-4-3-5-14(15)16/h3-6,12-13,17H,2,7-11H2,1H3/t13-/m1/s1. The minimum atomic E-state index is 0.155. The van der Waals surface area contributed by atoms with Gasteiger partial charge >= 0.3 is 0 Å². The molecule has 1 heterocycles. The van der Waals surface area contributed by atoms with Crippen molar-refractivity contribution in [1.29, 1.82) is 0 Å². The Morgan fingerprint density at radius 2 is 2.11 bits per heavy atom. The molecule has 0 saturated carbocycles. The highest BCUT2D eigenvalue weighted by atomic mass is 35.5. The van der Waals surface area contributed by atoms with Crippen LogP contribution in [0.3, 0.4) is 0 Å². The van der Waals surface area contributed by atoms with E-state index in [2.05, 4.69) is 12.2 Å². The lowest BCUT2D eigenvalue weighted by molar-refractivity contribution is 0.0738. The van der Waals surface area contributed by atoms with Crippen LogP contribution in [-0.2, 0) is 4.74 Å². The second-order valence-electron chi connectivity index (χ2n) is 4.87. The summed E-state index contributed by atoms with van der Waals surface area (Å²) in [6, 6.07) is 8.18. The first-order chi connectivity index (χ1) is 9.29. The Hall–Kier alpha value is -0.770. The predicted octanol–water partition coefficient (Wildman–Crippen LogP) is 3.27. The van der Waals surface area contributed by atoms with Crippen LogP contribution in [0.4, 0.5) is 0 Å². The first-order valence-corrected chi connectivity index (χ1v) is 7.39. The maximum atomic E-state index is 6.11. The zero-order valence-corrected chi connectivity index (χ0v) is 12.2. The fourth-order valence-corrected chi connectivity index (χ4v) is 2.37. The van der Waals surface area contributed by atoms with Gasteiger partial charge in [0.1, 0.15) is 11.9 Å². The summed E-state index contributed by atoms with van der Waals surface area (Å²) in [5.74, 6) is 0.768. The highest BCUT2D eigenvalue weighted by Crippen LogP contribution is 2.24. The quantitative estimate of drug-likeness (QED) is 0.869. The second-order valence-corrected chi connectivity index (χ2v) is 5.28. The van der Waals surface area contributed by atoms with Crippen molar-refractivity contribution in [1.82, 2.24) is 5.32 Å². The molecule has 19 heavy (non-hydrogen) atoms. The Morgan fingerprint density at radius 3 is 2.79 bits per heavy atom. The van der Waals surface area contributed by atoms with Crippen molar-refractivity contribution in [2.24, 2.45) is 0 Å². The van der Waals surface area contributed by atoms with E-state index in [1.54, 1.807) is 0 Å². The summed E-state index contributed by atoms with van der Waals surface area (Å²) in [5, 5.41) is 4.24. The summed E-state index contributed by atoms with van der Waals surface area (Å²) in [6.07, 6.45) is 3.29. The first-order valence-electron chi connectivity index (χ1n) is 7.02. The van der Waals surface area contributed by atoms with E-state index < -0.39 is 0 Å². The number of para-hydroxylation sites is 1. The zero-order valence-electron chi connectivity index (χ0n) is 11.4. The van der Waals surface area contributed by atoms with Gasteiger partial charge in [-0.3, -0.25) is 0 Å². The second kappa shape index (κ2) is 7.73. The van der Waals surface area contributed by atoms with E-state index in [4.69, 9.17) is 21.1 Å². The molecule has 1 aliphatic rings. The van der Waals surface area contributed by atoms with Crippen LogP contribution in [0.1, 0.15) is 26.2 Å². The van der Waals surface area contributed by atoms with Gasteiger partial charge in [0.25, 0.3) is 0 Å². The van der Waals surface area contributed by atoms with Gasteiger partial charge in [-0.15, -0.1) is 0 Å². The van der Waals surface area contributed by atoms with Crippen molar-refractivity contribution in [2.75, 3.05) is 19.8 Å². The molecule has 1 N–H and O–H groups in total. The van der Waals surface area contributed by atoms with E-state index in [9.17, 15) is 0 Å². The summed E-state index contributed by atoms with van der Waals surface area (Å²) in [7, 11) is 0. The van der Waals surface area contributed by atoms with Crippen LogP contribution in [0.15, 0.2) is 24.3 Å². The molecule has 1 aliphatic heterocycles. The first kappa shape index (κ1) is 14.6. The number of rotatable bonds is 6. The fraction of sp³-hybridized carbons (Fsp3) is 0.600. The number of nitrogens with one attached hydrogen (secondary N) is 1. The van der Waals surface area contributed by atoms with Crippen molar-refractivity contribution in [2.45, 2.75) is 38.3 Å². The Kier molecular flexibility index (Phi) is 5.95. The van der Waals surface area contributed by atoms with E-state index in [0.29, 0.717) is 11.1 Å². The maximum Gasteiger partial charge on any atom is 0.138 e. The van der Waals surface area contributed by atoms with Crippen molar-refractivity contribution in [3.63, 3.8) is 0 Å². The molecule has 4 heteroatoms. The monoisotopic (exact) mass is 283 g/mol. The SMILES string of the molecule is CC[C@H](CNC1CCOCC1)Oc1ccccc1Cl. The van der Waals surface area contributed by atoms with E-state index in [-0.39, 0.29) is 6.10 Å². The molecule has 0 aliphatic carbocycles. The summed E-state index contributed by atoms with van der Waals surface area (Å²) in [5.41, 5.74) is 0. The largest absolute Gasteiger partial charge is 0.488 e. The smallest absolute Gasteiger partial charge is 0.138 e. The molecule has 0 spiro atoms. The molecule has 2 rings (SSSR count). The summed E-state index contributed by atoms with van der Waals surface area (Å²) in [4.78, 5) is 0. The lowest BCUT2D eigenvalue weighted by Gasteiger charge is -2.26. The molecule has 1 aromatic rings. The van der Waals surface area contributed by atoms with Crippen LogP contribution < -0.4 is 10.1 Å². The van der Waals surface area contributed by atoms with Gasteiger partial charge in [0, 0.05) is 25.8 Å². The van der Waals surface area contributed by atoms with Crippen molar-refractivity contribution >= 4 is 11.6 Å². The van der Waals surface area contributed by atoms with Crippen molar-refractivity contribution in [3.8, 4) is 5.75 Å². The molecular formula is C15H22ClNO2. The van der Waals surface area contributed by atoms with E-state index in [1.807, 2.05) is 24.3 Å². The van der Waals surface area contributed by atoms with Gasteiger partial charge in [-0.25, -0.2) is 0 Å². The maximum absolute atomic E-state index is 6.11. The lowest BCUT2D eigenvalue weighted by atomic mass is 10.1. The molecule has 1 atom stereocenters. The Bertz CT molecular complexity index is 380. The van der Waals surface area contributed by atoms with Crippen LogP contribution in [0.5, 0.6) is 5.75 Å². The van der Waals surface area contributed by atoms with Gasteiger partial charge in [-0.1, -0.05) is 30.7 Å². The topological polar surface area (TPSA) is 30.5 Å². The minimum absolute atomic E-state index is 0.155. The van der Waals surface area contributed by atoms with Gasteiger partial charge in [0.2, 0.25) is 0 Å². The average Bonchev–Trinajstić information content (AvgIpc) is 2.46. The van der Waals surface area contributed by atoms with E-state index >= 15 is 0 Å². The highest BCUT2D eigenvalue weighted by molar-refractivity contribution is 6.32. The molecule has 1 aromatic carbocycles. The lowest BCUT2D eigenvalue weighted by Crippen LogP contribution is -2.40. The van der Waals surface area contributed by atoms with Crippen LogP contribution in [-0.4, -0.2) is 31.9 Å². The van der Waals surface area contributed by atoms with Crippen molar-refractivity contribution in [3.05, 3.63) is 29.3 Å². The van der Waals surface area contributed by atoms with Gasteiger partial charge in [0.15, 0.2) is 0 Å². The Morgan fingerprint density at radius 1 is 1.37 bits per heavy atom. The van der Waals surface area contributed by atoms with Crippen molar-refractivity contribution < 1.29 is 9.47 Å². The molecule has 1 saturated heterocycles. The molecular weight excluding hydrogens is 262 g/mol. The molecule has 106 valence electrons. The number of ether oxygens (including phenoxy) is 2. The molecule has 3 nitrogen and oxygen atoms in total. The predicted molar refractivity (Wildman–Crippen MR) is 78.0 cm³/mol. The zero-order chi connectivity index (χ0) is 13.5. The van der Waals surface area contributed by atoms with Crippen LogP contribution in [0.2, 0.25) is 5.02 Å². The molecule has 0 amide bonds. The Balaban J connectivity index is 1.81. The fourth-order valence-electron chi connectivity index (χ4n) is 2.19. The van der Waals surface area contributed by atoms with Gasteiger partial charge in [-0.2, -0.15) is 0 Å². The normalized spacial score (nSPS) is 18.2. The molecule has 0 bridgehead atoms. The number of hydrogen-bond acceptors (Lipinski definition) is 3. The van der Waals surface area contributed by atoms with Gasteiger partial charge in [-0.05, 0) is 31.4 Å². The number of halogens is 1. The van der Waals surface area contributed by atoms with Gasteiger partial charge < -0.3 is 14.8 Å². The molecule has 0 unspecified atom stereocenters.